The lowest BCUT2D eigenvalue weighted by atomic mass is 9.88. The molecule has 6 nitrogen and oxygen atoms in total. The summed E-state index contributed by atoms with van der Waals surface area (Å²) in [4.78, 5) is 27.5. The summed E-state index contributed by atoms with van der Waals surface area (Å²) >= 11 is 0. The van der Waals surface area contributed by atoms with Gasteiger partial charge < -0.3 is 20.4 Å². The number of carbonyl (C=O) groups excluding carboxylic acids is 2. The molecular formula is C27H28N2O4. The second kappa shape index (κ2) is 9.77. The number of anilines is 1. The standard InChI is InChI=1S/C27H28N2O4/c1-2-18-6-3-7-20(16-18)19-12-14-29(15-13-19)27(33)21-8-4-9-22(17-21)28-26(32)23-10-5-11-24(30)25(23)31/h3-11,16-17,19,30-31H,2,12-15H2,1H3,(H,28,32). The molecule has 2 amide bonds. The summed E-state index contributed by atoms with van der Waals surface area (Å²) in [5.74, 6) is -1.01. The number of amides is 2. The molecule has 1 aliphatic heterocycles. The molecule has 1 saturated heterocycles. The van der Waals surface area contributed by atoms with E-state index in [1.54, 1.807) is 24.3 Å². The number of phenols is 2. The molecule has 33 heavy (non-hydrogen) atoms. The average molecular weight is 445 g/mol. The van der Waals surface area contributed by atoms with Crippen molar-refractivity contribution in [1.29, 1.82) is 0 Å². The van der Waals surface area contributed by atoms with Crippen molar-refractivity contribution in [2.24, 2.45) is 0 Å². The summed E-state index contributed by atoms with van der Waals surface area (Å²) in [6, 6.07) is 19.7. The molecule has 0 spiro atoms. The Morgan fingerprint density at radius 3 is 2.45 bits per heavy atom. The third kappa shape index (κ3) is 5.00. The van der Waals surface area contributed by atoms with E-state index in [1.807, 2.05) is 4.90 Å². The summed E-state index contributed by atoms with van der Waals surface area (Å²) in [6.45, 7) is 3.53. The molecule has 3 aromatic rings. The van der Waals surface area contributed by atoms with Crippen molar-refractivity contribution >= 4 is 17.5 Å². The number of phenolic OH excluding ortho intramolecular Hbond substituents is 2. The fourth-order valence-corrected chi connectivity index (χ4v) is 4.31. The molecular weight excluding hydrogens is 416 g/mol. The Hall–Kier alpha value is -3.80. The van der Waals surface area contributed by atoms with Crippen LogP contribution >= 0.6 is 0 Å². The number of nitrogens with one attached hydrogen (secondary N) is 1. The third-order valence-corrected chi connectivity index (χ3v) is 6.24. The number of likely N-dealkylation sites (tertiary alicyclic amines) is 1. The molecule has 0 aromatic heterocycles. The van der Waals surface area contributed by atoms with E-state index in [-0.39, 0.29) is 17.2 Å². The first-order chi connectivity index (χ1) is 16.0. The number of nitrogens with zero attached hydrogens (tertiary/aromatic N) is 1. The number of rotatable bonds is 5. The molecule has 0 unspecified atom stereocenters. The Morgan fingerprint density at radius 2 is 1.70 bits per heavy atom. The van der Waals surface area contributed by atoms with Crippen LogP contribution in [0.15, 0.2) is 66.7 Å². The normalized spacial score (nSPS) is 14.2. The quantitative estimate of drug-likeness (QED) is 0.487. The minimum absolute atomic E-state index is 0.0408. The smallest absolute Gasteiger partial charge is 0.259 e. The summed E-state index contributed by atoms with van der Waals surface area (Å²) < 4.78 is 0. The minimum atomic E-state index is -0.567. The topological polar surface area (TPSA) is 89.9 Å². The Morgan fingerprint density at radius 1 is 0.970 bits per heavy atom. The van der Waals surface area contributed by atoms with Crippen molar-refractivity contribution in [3.8, 4) is 11.5 Å². The van der Waals surface area contributed by atoms with Gasteiger partial charge in [0, 0.05) is 24.3 Å². The van der Waals surface area contributed by atoms with Crippen LogP contribution in [0.5, 0.6) is 11.5 Å². The molecule has 1 aliphatic rings. The minimum Gasteiger partial charge on any atom is -0.504 e. The van der Waals surface area contributed by atoms with Gasteiger partial charge in [0.25, 0.3) is 11.8 Å². The van der Waals surface area contributed by atoms with Crippen molar-refractivity contribution in [2.75, 3.05) is 18.4 Å². The molecule has 0 radical (unpaired) electrons. The summed E-state index contributed by atoms with van der Waals surface area (Å²) in [6.07, 6.45) is 2.86. The van der Waals surface area contributed by atoms with Crippen LogP contribution in [-0.2, 0) is 6.42 Å². The molecule has 0 aliphatic carbocycles. The van der Waals surface area contributed by atoms with Gasteiger partial charge in [-0.25, -0.2) is 0 Å². The van der Waals surface area contributed by atoms with Gasteiger partial charge in [0.2, 0.25) is 0 Å². The Labute approximate surface area is 193 Å². The summed E-state index contributed by atoms with van der Waals surface area (Å²) in [5, 5.41) is 22.2. The Kier molecular flexibility index (Phi) is 6.63. The van der Waals surface area contributed by atoms with Crippen LogP contribution in [0.25, 0.3) is 0 Å². The molecule has 0 atom stereocenters. The van der Waals surface area contributed by atoms with Crippen LogP contribution in [0, 0.1) is 0 Å². The van der Waals surface area contributed by atoms with Gasteiger partial charge in [-0.3, -0.25) is 9.59 Å². The van der Waals surface area contributed by atoms with E-state index in [2.05, 4.69) is 36.5 Å². The second-order valence-electron chi connectivity index (χ2n) is 8.37. The average Bonchev–Trinajstić information content (AvgIpc) is 2.85. The Balaban J connectivity index is 1.41. The predicted molar refractivity (Wildman–Crippen MR) is 128 cm³/mol. The highest BCUT2D eigenvalue weighted by Gasteiger charge is 2.25. The predicted octanol–water partition coefficient (Wildman–Crippen LogP) is 4.93. The maximum atomic E-state index is 13.1. The molecule has 3 N–H and O–H groups in total. The van der Waals surface area contributed by atoms with Gasteiger partial charge in [0.1, 0.15) is 0 Å². The highest BCUT2D eigenvalue weighted by molar-refractivity contribution is 6.07. The zero-order valence-electron chi connectivity index (χ0n) is 18.6. The first-order valence-corrected chi connectivity index (χ1v) is 11.3. The molecule has 3 aromatic carbocycles. The molecule has 0 bridgehead atoms. The van der Waals surface area contributed by atoms with Crippen LogP contribution in [0.1, 0.15) is 57.5 Å². The number of piperidine rings is 1. The van der Waals surface area contributed by atoms with Gasteiger partial charge in [-0.05, 0) is 66.6 Å². The van der Waals surface area contributed by atoms with E-state index in [1.165, 1.54) is 29.3 Å². The lowest BCUT2D eigenvalue weighted by Crippen LogP contribution is -2.38. The van der Waals surface area contributed by atoms with Crippen molar-refractivity contribution in [2.45, 2.75) is 32.1 Å². The first-order valence-electron chi connectivity index (χ1n) is 11.3. The molecule has 1 heterocycles. The lowest BCUT2D eigenvalue weighted by molar-refractivity contribution is 0.0712. The van der Waals surface area contributed by atoms with Gasteiger partial charge in [-0.1, -0.05) is 43.3 Å². The van der Waals surface area contributed by atoms with Crippen molar-refractivity contribution in [1.82, 2.24) is 4.90 Å². The van der Waals surface area contributed by atoms with Gasteiger partial charge in [-0.2, -0.15) is 0 Å². The number of para-hydroxylation sites is 1. The number of hydrogen-bond acceptors (Lipinski definition) is 4. The van der Waals surface area contributed by atoms with E-state index >= 15 is 0 Å². The SMILES string of the molecule is CCc1cccc(C2CCN(C(=O)c3cccc(NC(=O)c4cccc(O)c4O)c3)CC2)c1. The summed E-state index contributed by atoms with van der Waals surface area (Å²) in [5.41, 5.74) is 3.59. The zero-order chi connectivity index (χ0) is 23.4. The number of aromatic hydroxyl groups is 2. The number of benzene rings is 3. The number of carbonyl (C=O) groups is 2. The van der Waals surface area contributed by atoms with Gasteiger partial charge in [-0.15, -0.1) is 0 Å². The molecule has 1 fully saturated rings. The maximum Gasteiger partial charge on any atom is 0.259 e. The van der Waals surface area contributed by atoms with E-state index in [4.69, 9.17) is 0 Å². The van der Waals surface area contributed by atoms with E-state index in [9.17, 15) is 19.8 Å². The lowest BCUT2D eigenvalue weighted by Gasteiger charge is -2.32. The number of hydrogen-bond donors (Lipinski definition) is 3. The number of aryl methyl sites for hydroxylation is 1. The maximum absolute atomic E-state index is 13.1. The van der Waals surface area contributed by atoms with Gasteiger partial charge >= 0.3 is 0 Å². The van der Waals surface area contributed by atoms with Gasteiger partial charge in [0.15, 0.2) is 11.5 Å². The fourth-order valence-electron chi connectivity index (χ4n) is 4.31. The van der Waals surface area contributed by atoms with Crippen LogP contribution < -0.4 is 5.32 Å². The van der Waals surface area contributed by atoms with Crippen LogP contribution in [0.4, 0.5) is 5.69 Å². The summed E-state index contributed by atoms with van der Waals surface area (Å²) in [7, 11) is 0. The highest BCUT2D eigenvalue weighted by atomic mass is 16.3. The van der Waals surface area contributed by atoms with Crippen molar-refractivity contribution in [3.05, 3.63) is 89.0 Å². The molecule has 170 valence electrons. The highest BCUT2D eigenvalue weighted by Crippen LogP contribution is 2.30. The van der Waals surface area contributed by atoms with E-state index in [0.717, 1.165) is 19.3 Å². The van der Waals surface area contributed by atoms with Crippen LogP contribution in [-0.4, -0.2) is 40.0 Å². The molecule has 4 rings (SSSR count). The third-order valence-electron chi connectivity index (χ3n) is 6.24. The van der Waals surface area contributed by atoms with E-state index < -0.39 is 11.7 Å². The first kappa shape index (κ1) is 22.4. The fraction of sp³-hybridized carbons (Fsp3) is 0.259. The van der Waals surface area contributed by atoms with Crippen molar-refractivity contribution in [3.63, 3.8) is 0 Å². The second-order valence-corrected chi connectivity index (χ2v) is 8.37. The monoisotopic (exact) mass is 444 g/mol. The Bertz CT molecular complexity index is 1170. The molecule has 6 heteroatoms. The molecule has 0 saturated carbocycles. The largest absolute Gasteiger partial charge is 0.504 e. The van der Waals surface area contributed by atoms with Crippen LogP contribution in [0.3, 0.4) is 0 Å². The van der Waals surface area contributed by atoms with Gasteiger partial charge in [0.05, 0.1) is 5.56 Å². The van der Waals surface area contributed by atoms with E-state index in [0.29, 0.717) is 30.3 Å². The van der Waals surface area contributed by atoms with Crippen LogP contribution in [0.2, 0.25) is 0 Å². The van der Waals surface area contributed by atoms with Crippen molar-refractivity contribution < 1.29 is 19.8 Å². The zero-order valence-corrected chi connectivity index (χ0v) is 18.6.